The van der Waals surface area contributed by atoms with Gasteiger partial charge in [0.15, 0.2) is 0 Å². The molecule has 0 aromatic heterocycles. The smallest absolute Gasteiger partial charge is 0.330 e. The van der Waals surface area contributed by atoms with E-state index in [0.717, 1.165) is 23.0 Å². The Morgan fingerprint density at radius 3 is 2.32 bits per heavy atom. The van der Waals surface area contributed by atoms with Crippen molar-refractivity contribution in [1.82, 2.24) is 0 Å². The highest BCUT2D eigenvalue weighted by molar-refractivity contribution is 7.85. The van der Waals surface area contributed by atoms with Gasteiger partial charge in [0.2, 0.25) is 0 Å². The summed E-state index contributed by atoms with van der Waals surface area (Å²) in [5.74, 6) is -0.415. The number of benzene rings is 1. The van der Waals surface area contributed by atoms with Gasteiger partial charge in [0.25, 0.3) is 10.1 Å². The molecule has 0 N–H and O–H groups in total. The van der Waals surface area contributed by atoms with Crippen LogP contribution in [-0.2, 0) is 30.4 Å². The summed E-state index contributed by atoms with van der Waals surface area (Å²) < 4.78 is 30.9. The molecule has 5 nitrogen and oxygen atoms in total. The van der Waals surface area contributed by atoms with E-state index < -0.39 is 16.1 Å². The molecule has 1 rings (SSSR count). The van der Waals surface area contributed by atoms with E-state index in [1.165, 1.54) is 13.2 Å². The van der Waals surface area contributed by atoms with Crippen molar-refractivity contribution in [3.8, 4) is 0 Å². The first-order chi connectivity index (χ1) is 8.81. The number of esters is 1. The minimum absolute atomic E-state index is 0.00111. The molecule has 1 aromatic carbocycles. The Morgan fingerprint density at radius 1 is 1.26 bits per heavy atom. The van der Waals surface area contributed by atoms with Crippen LogP contribution in [0.25, 0.3) is 5.57 Å². The second-order valence-corrected chi connectivity index (χ2v) is 5.66. The molecule has 104 valence electrons. The number of rotatable bonds is 5. The predicted octanol–water partition coefficient (Wildman–Crippen LogP) is 1.74. The zero-order chi connectivity index (χ0) is 14.5. The van der Waals surface area contributed by atoms with Gasteiger partial charge in [-0.25, -0.2) is 4.79 Å². The Morgan fingerprint density at radius 2 is 1.84 bits per heavy atom. The molecule has 0 unspecified atom stereocenters. The Labute approximate surface area is 113 Å². The summed E-state index contributed by atoms with van der Waals surface area (Å²) in [4.78, 5) is 11.1. The average Bonchev–Trinajstić information content (AvgIpc) is 2.36. The zero-order valence-corrected chi connectivity index (χ0v) is 11.9. The van der Waals surface area contributed by atoms with Gasteiger partial charge in [-0.3, -0.25) is 4.18 Å². The molecule has 0 atom stereocenters. The molecule has 0 radical (unpaired) electrons. The van der Waals surface area contributed by atoms with Crippen LogP contribution in [0.2, 0.25) is 0 Å². The molecule has 0 heterocycles. The van der Waals surface area contributed by atoms with Crippen LogP contribution in [0.15, 0.2) is 30.3 Å². The standard InChI is InChI=1S/C13H16O5S/c1-10(8-13(14)17-2)12-6-4-11(5-7-12)9-18-19(3,15)16/h4-8H,9H2,1-3H3. The van der Waals surface area contributed by atoms with Crippen LogP contribution < -0.4 is 0 Å². The lowest BCUT2D eigenvalue weighted by atomic mass is 10.1. The Hall–Kier alpha value is -1.66. The van der Waals surface area contributed by atoms with Gasteiger partial charge in [0.1, 0.15) is 0 Å². The largest absolute Gasteiger partial charge is 0.466 e. The topological polar surface area (TPSA) is 69.7 Å². The third-order valence-corrected chi connectivity index (χ3v) is 2.93. The fraction of sp³-hybridized carbons (Fsp3) is 0.308. The third kappa shape index (κ3) is 5.67. The van der Waals surface area contributed by atoms with E-state index in [1.807, 2.05) is 0 Å². The van der Waals surface area contributed by atoms with Gasteiger partial charge in [0.05, 0.1) is 20.0 Å². The monoisotopic (exact) mass is 284 g/mol. The molecule has 0 saturated heterocycles. The summed E-state index contributed by atoms with van der Waals surface area (Å²) in [6.45, 7) is 1.79. The first-order valence-electron chi connectivity index (χ1n) is 5.52. The maximum atomic E-state index is 11.1. The second kappa shape index (κ2) is 6.49. The summed E-state index contributed by atoms with van der Waals surface area (Å²) in [6, 6.07) is 7.07. The Bertz CT molecular complexity index is 570. The summed E-state index contributed by atoms with van der Waals surface area (Å²) in [6.07, 6.45) is 2.40. The predicted molar refractivity (Wildman–Crippen MR) is 71.7 cm³/mol. The van der Waals surface area contributed by atoms with Crippen LogP contribution in [0.1, 0.15) is 18.1 Å². The molecule has 19 heavy (non-hydrogen) atoms. The minimum Gasteiger partial charge on any atom is -0.466 e. The van der Waals surface area contributed by atoms with E-state index >= 15 is 0 Å². The van der Waals surface area contributed by atoms with Gasteiger partial charge in [-0.1, -0.05) is 24.3 Å². The maximum absolute atomic E-state index is 11.1. The lowest BCUT2D eigenvalue weighted by Crippen LogP contribution is -2.02. The highest BCUT2D eigenvalue weighted by Gasteiger charge is 2.04. The molecule has 1 aromatic rings. The lowest BCUT2D eigenvalue weighted by Gasteiger charge is -2.04. The quantitative estimate of drug-likeness (QED) is 0.468. The van der Waals surface area contributed by atoms with Crippen LogP contribution in [0.4, 0.5) is 0 Å². The molecule has 0 bridgehead atoms. The van der Waals surface area contributed by atoms with Gasteiger partial charge >= 0.3 is 5.97 Å². The van der Waals surface area contributed by atoms with E-state index in [9.17, 15) is 13.2 Å². The molecular weight excluding hydrogens is 268 g/mol. The van der Waals surface area contributed by atoms with Gasteiger partial charge in [0, 0.05) is 6.08 Å². The molecule has 6 heteroatoms. The summed E-state index contributed by atoms with van der Waals surface area (Å²) in [5.41, 5.74) is 2.36. The average molecular weight is 284 g/mol. The SMILES string of the molecule is COC(=O)C=C(C)c1ccc(COS(C)(=O)=O)cc1. The van der Waals surface area contributed by atoms with E-state index in [1.54, 1.807) is 31.2 Å². The first-order valence-corrected chi connectivity index (χ1v) is 7.33. The van der Waals surface area contributed by atoms with Crippen LogP contribution in [0, 0.1) is 0 Å². The van der Waals surface area contributed by atoms with Gasteiger partial charge in [-0.15, -0.1) is 0 Å². The van der Waals surface area contributed by atoms with Crippen molar-refractivity contribution in [2.45, 2.75) is 13.5 Å². The van der Waals surface area contributed by atoms with Crippen molar-refractivity contribution in [3.05, 3.63) is 41.5 Å². The molecule has 0 fully saturated rings. The van der Waals surface area contributed by atoms with E-state index in [2.05, 4.69) is 8.92 Å². The number of allylic oxidation sites excluding steroid dienone is 1. The first kappa shape index (κ1) is 15.4. The van der Waals surface area contributed by atoms with Crippen LogP contribution >= 0.6 is 0 Å². The van der Waals surface area contributed by atoms with Gasteiger partial charge in [-0.2, -0.15) is 8.42 Å². The normalized spacial score (nSPS) is 12.3. The van der Waals surface area contributed by atoms with Crippen molar-refractivity contribution >= 4 is 21.7 Å². The van der Waals surface area contributed by atoms with Crippen molar-refractivity contribution < 1.29 is 22.1 Å². The minimum atomic E-state index is -3.44. The van der Waals surface area contributed by atoms with Crippen molar-refractivity contribution in [3.63, 3.8) is 0 Å². The number of carbonyl (C=O) groups excluding carboxylic acids is 1. The zero-order valence-electron chi connectivity index (χ0n) is 11.0. The van der Waals surface area contributed by atoms with E-state index in [0.29, 0.717) is 0 Å². The maximum Gasteiger partial charge on any atom is 0.330 e. The molecule has 0 aliphatic carbocycles. The van der Waals surface area contributed by atoms with Gasteiger partial charge < -0.3 is 4.74 Å². The summed E-state index contributed by atoms with van der Waals surface area (Å²) in [5, 5.41) is 0. The lowest BCUT2D eigenvalue weighted by molar-refractivity contribution is -0.134. The van der Waals surface area contributed by atoms with Crippen molar-refractivity contribution in [2.24, 2.45) is 0 Å². The second-order valence-electron chi connectivity index (χ2n) is 4.01. The fourth-order valence-corrected chi connectivity index (χ4v) is 1.71. The van der Waals surface area contributed by atoms with Crippen molar-refractivity contribution in [1.29, 1.82) is 0 Å². The number of methoxy groups -OCH3 is 1. The Kier molecular flexibility index (Phi) is 5.26. The third-order valence-electron chi connectivity index (χ3n) is 2.38. The molecule has 0 aliphatic rings. The summed E-state index contributed by atoms with van der Waals surface area (Å²) >= 11 is 0. The van der Waals surface area contributed by atoms with E-state index in [4.69, 9.17) is 0 Å². The Balaban J connectivity index is 2.76. The van der Waals surface area contributed by atoms with Crippen molar-refractivity contribution in [2.75, 3.05) is 13.4 Å². The number of carbonyl (C=O) groups is 1. The molecule has 0 spiro atoms. The van der Waals surface area contributed by atoms with Crippen LogP contribution in [0.3, 0.4) is 0 Å². The number of hydrogen-bond acceptors (Lipinski definition) is 5. The number of hydrogen-bond donors (Lipinski definition) is 0. The number of ether oxygens (including phenoxy) is 1. The van der Waals surface area contributed by atoms with Gasteiger partial charge in [-0.05, 0) is 23.6 Å². The molecule has 0 saturated carbocycles. The molecular formula is C13H16O5S. The highest BCUT2D eigenvalue weighted by Crippen LogP contribution is 2.15. The molecule has 0 amide bonds. The highest BCUT2D eigenvalue weighted by atomic mass is 32.2. The summed E-state index contributed by atoms with van der Waals surface area (Å²) in [7, 11) is -2.12. The fourth-order valence-electron chi connectivity index (χ4n) is 1.36. The van der Waals surface area contributed by atoms with Crippen LogP contribution in [-0.4, -0.2) is 27.8 Å². The van der Waals surface area contributed by atoms with Crippen LogP contribution in [0.5, 0.6) is 0 Å². The molecule has 0 aliphatic heterocycles. The van der Waals surface area contributed by atoms with E-state index in [-0.39, 0.29) is 6.61 Å².